The second kappa shape index (κ2) is 5.33. The Hall–Kier alpha value is -1.00. The third-order valence-corrected chi connectivity index (χ3v) is 4.78. The first-order valence-corrected chi connectivity index (χ1v) is 7.56. The fourth-order valence-corrected chi connectivity index (χ4v) is 3.79. The van der Waals surface area contributed by atoms with Crippen molar-refractivity contribution in [3.8, 4) is 0 Å². The lowest BCUT2D eigenvalue weighted by atomic mass is 10.0. The number of hydrogen-bond acceptors (Lipinski definition) is 3. The zero-order valence-corrected chi connectivity index (χ0v) is 11.1. The van der Waals surface area contributed by atoms with Crippen LogP contribution in [0.1, 0.15) is 30.9 Å². The largest absolute Gasteiger partial charge is 0.352 e. The molecular weight excluding hydrogens is 244 g/mol. The van der Waals surface area contributed by atoms with Crippen LogP contribution in [0.4, 0.5) is 0 Å². The van der Waals surface area contributed by atoms with Gasteiger partial charge in [0.25, 0.3) is 0 Å². The number of amides is 1. The second-order valence-electron chi connectivity index (χ2n) is 4.94. The summed E-state index contributed by atoms with van der Waals surface area (Å²) in [6, 6.07) is 9.39. The average Bonchev–Trinajstić information content (AvgIpc) is 2.82. The van der Waals surface area contributed by atoms with Crippen molar-refractivity contribution in [2.45, 2.75) is 36.2 Å². The normalized spacial score (nSPS) is 26.8. The predicted octanol–water partition coefficient (Wildman–Crippen LogP) is 2.09. The topological polar surface area (TPSA) is 41.1 Å². The van der Waals surface area contributed by atoms with Crippen molar-refractivity contribution >= 4 is 17.7 Å². The molecule has 3 nitrogen and oxygen atoms in total. The summed E-state index contributed by atoms with van der Waals surface area (Å²) in [6.45, 7) is 0.884. The molecule has 0 aromatic heterocycles. The molecule has 1 aromatic carbocycles. The molecule has 18 heavy (non-hydrogen) atoms. The minimum atomic E-state index is 0.196. The van der Waals surface area contributed by atoms with Gasteiger partial charge >= 0.3 is 0 Å². The van der Waals surface area contributed by atoms with Crippen LogP contribution < -0.4 is 10.6 Å². The SMILES string of the molecule is O=C1CCC(CNC2CCSc3ccccc32)N1. The van der Waals surface area contributed by atoms with Gasteiger partial charge in [0.2, 0.25) is 5.91 Å². The fourth-order valence-electron chi connectivity index (χ4n) is 2.67. The Balaban J connectivity index is 1.62. The first kappa shape index (κ1) is 12.1. The number of rotatable bonds is 3. The molecule has 1 aromatic rings. The molecule has 0 aliphatic carbocycles. The molecule has 2 heterocycles. The highest BCUT2D eigenvalue weighted by atomic mass is 32.2. The first-order chi connectivity index (χ1) is 8.83. The zero-order chi connectivity index (χ0) is 12.4. The molecule has 2 unspecified atom stereocenters. The van der Waals surface area contributed by atoms with Crippen LogP contribution in [0.5, 0.6) is 0 Å². The van der Waals surface area contributed by atoms with Crippen LogP contribution in [0.2, 0.25) is 0 Å². The van der Waals surface area contributed by atoms with Gasteiger partial charge in [0.05, 0.1) is 0 Å². The molecule has 4 heteroatoms. The monoisotopic (exact) mass is 262 g/mol. The Kier molecular flexibility index (Phi) is 3.57. The molecule has 1 amide bonds. The summed E-state index contributed by atoms with van der Waals surface area (Å²) in [7, 11) is 0. The van der Waals surface area contributed by atoms with Crippen molar-refractivity contribution in [1.82, 2.24) is 10.6 Å². The molecule has 2 aliphatic rings. The van der Waals surface area contributed by atoms with Gasteiger partial charge < -0.3 is 10.6 Å². The van der Waals surface area contributed by atoms with E-state index in [2.05, 4.69) is 34.9 Å². The number of benzene rings is 1. The van der Waals surface area contributed by atoms with E-state index in [1.54, 1.807) is 0 Å². The lowest BCUT2D eigenvalue weighted by molar-refractivity contribution is -0.119. The van der Waals surface area contributed by atoms with E-state index >= 15 is 0 Å². The molecule has 0 saturated carbocycles. The minimum absolute atomic E-state index is 0.196. The van der Waals surface area contributed by atoms with E-state index in [9.17, 15) is 4.79 Å². The number of hydrogen-bond donors (Lipinski definition) is 2. The van der Waals surface area contributed by atoms with Crippen molar-refractivity contribution in [3.63, 3.8) is 0 Å². The van der Waals surface area contributed by atoms with E-state index in [1.165, 1.54) is 22.6 Å². The van der Waals surface area contributed by atoms with Gasteiger partial charge in [0.1, 0.15) is 0 Å². The molecular formula is C14H18N2OS. The summed E-state index contributed by atoms with van der Waals surface area (Å²) < 4.78 is 0. The summed E-state index contributed by atoms with van der Waals surface area (Å²) in [4.78, 5) is 12.6. The van der Waals surface area contributed by atoms with Gasteiger partial charge in [-0.3, -0.25) is 4.79 Å². The van der Waals surface area contributed by atoms with Gasteiger partial charge in [-0.2, -0.15) is 0 Å². The molecule has 1 saturated heterocycles. The number of nitrogens with one attached hydrogen (secondary N) is 2. The molecule has 2 aliphatic heterocycles. The Bertz CT molecular complexity index is 449. The molecule has 2 N–H and O–H groups in total. The Labute approximate surface area is 112 Å². The second-order valence-corrected chi connectivity index (χ2v) is 6.08. The Morgan fingerprint density at radius 3 is 3.06 bits per heavy atom. The minimum Gasteiger partial charge on any atom is -0.352 e. The highest BCUT2D eigenvalue weighted by molar-refractivity contribution is 7.99. The van der Waals surface area contributed by atoms with Gasteiger partial charge in [0, 0.05) is 29.9 Å². The number of thioether (sulfide) groups is 1. The van der Waals surface area contributed by atoms with E-state index < -0.39 is 0 Å². The summed E-state index contributed by atoms with van der Waals surface area (Å²) >= 11 is 1.94. The maximum absolute atomic E-state index is 11.2. The molecule has 0 spiro atoms. The fraction of sp³-hybridized carbons (Fsp3) is 0.500. The van der Waals surface area contributed by atoms with Crippen molar-refractivity contribution < 1.29 is 4.79 Å². The molecule has 2 atom stereocenters. The Morgan fingerprint density at radius 1 is 1.33 bits per heavy atom. The standard InChI is InChI=1S/C14H18N2OS/c17-14-6-5-10(16-14)9-15-12-7-8-18-13-4-2-1-3-11(12)13/h1-4,10,12,15H,5-9H2,(H,16,17). The summed E-state index contributed by atoms with van der Waals surface area (Å²) in [6.07, 6.45) is 2.82. The van der Waals surface area contributed by atoms with Crippen molar-refractivity contribution in [1.29, 1.82) is 0 Å². The van der Waals surface area contributed by atoms with Gasteiger partial charge in [-0.25, -0.2) is 0 Å². The lowest BCUT2D eigenvalue weighted by Crippen LogP contribution is -2.38. The summed E-state index contributed by atoms with van der Waals surface area (Å²) in [5, 5.41) is 6.62. The lowest BCUT2D eigenvalue weighted by Gasteiger charge is -2.27. The molecule has 96 valence electrons. The maximum atomic E-state index is 11.2. The third kappa shape index (κ3) is 2.54. The number of carbonyl (C=O) groups is 1. The van der Waals surface area contributed by atoms with E-state index in [0.29, 0.717) is 18.5 Å². The highest BCUT2D eigenvalue weighted by Crippen LogP contribution is 2.35. The van der Waals surface area contributed by atoms with Crippen LogP contribution in [-0.4, -0.2) is 24.2 Å². The predicted molar refractivity (Wildman–Crippen MR) is 73.7 cm³/mol. The van der Waals surface area contributed by atoms with Crippen LogP contribution in [0.15, 0.2) is 29.2 Å². The van der Waals surface area contributed by atoms with Crippen molar-refractivity contribution in [3.05, 3.63) is 29.8 Å². The third-order valence-electron chi connectivity index (χ3n) is 3.65. The summed E-state index contributed by atoms with van der Waals surface area (Å²) in [5.74, 6) is 1.37. The van der Waals surface area contributed by atoms with E-state index in [4.69, 9.17) is 0 Å². The quantitative estimate of drug-likeness (QED) is 0.876. The van der Waals surface area contributed by atoms with E-state index in [1.807, 2.05) is 11.8 Å². The van der Waals surface area contributed by atoms with Crippen LogP contribution in [-0.2, 0) is 4.79 Å². The van der Waals surface area contributed by atoms with Crippen LogP contribution in [0.25, 0.3) is 0 Å². The molecule has 1 fully saturated rings. The Morgan fingerprint density at radius 2 is 2.22 bits per heavy atom. The van der Waals surface area contributed by atoms with E-state index in [-0.39, 0.29) is 5.91 Å². The van der Waals surface area contributed by atoms with Crippen LogP contribution in [0, 0.1) is 0 Å². The van der Waals surface area contributed by atoms with Gasteiger partial charge in [-0.15, -0.1) is 11.8 Å². The number of carbonyl (C=O) groups excluding carboxylic acids is 1. The molecule has 3 rings (SSSR count). The molecule has 0 radical (unpaired) electrons. The van der Waals surface area contributed by atoms with E-state index in [0.717, 1.165) is 13.0 Å². The van der Waals surface area contributed by atoms with Gasteiger partial charge in [-0.1, -0.05) is 18.2 Å². The molecule has 0 bridgehead atoms. The summed E-state index contributed by atoms with van der Waals surface area (Å²) in [5.41, 5.74) is 1.41. The van der Waals surface area contributed by atoms with Gasteiger partial charge in [-0.05, 0) is 30.2 Å². The average molecular weight is 262 g/mol. The maximum Gasteiger partial charge on any atom is 0.220 e. The number of fused-ring (bicyclic) bond motifs is 1. The van der Waals surface area contributed by atoms with Gasteiger partial charge in [0.15, 0.2) is 0 Å². The highest BCUT2D eigenvalue weighted by Gasteiger charge is 2.24. The zero-order valence-electron chi connectivity index (χ0n) is 10.3. The van der Waals surface area contributed by atoms with Crippen molar-refractivity contribution in [2.75, 3.05) is 12.3 Å². The van der Waals surface area contributed by atoms with Crippen molar-refractivity contribution in [2.24, 2.45) is 0 Å². The first-order valence-electron chi connectivity index (χ1n) is 6.57. The van der Waals surface area contributed by atoms with Crippen LogP contribution in [0.3, 0.4) is 0 Å². The smallest absolute Gasteiger partial charge is 0.220 e. The van der Waals surface area contributed by atoms with Crippen LogP contribution >= 0.6 is 11.8 Å².